The fraction of sp³-hybridized carbons (Fsp3) is 0.400. The molecule has 5 aromatic carbocycles. The second kappa shape index (κ2) is 17.1. The van der Waals surface area contributed by atoms with Gasteiger partial charge in [0.1, 0.15) is 11.6 Å². The number of hydrogen-bond acceptors (Lipinski definition) is 3. The second-order valence-corrected chi connectivity index (χ2v) is 21.1. The fourth-order valence-electron chi connectivity index (χ4n) is 8.06. The number of pyridine rings is 1. The van der Waals surface area contributed by atoms with Crippen molar-refractivity contribution in [2.45, 2.75) is 157 Å². The predicted octanol–water partition coefficient (Wildman–Crippen LogP) is 16.4. The monoisotopic (exact) mass is 1070 g/mol. The molecule has 0 amide bonds. The molecule has 7 rings (SSSR count). The van der Waals surface area contributed by atoms with Crippen LogP contribution in [0.2, 0.25) is 0 Å². The molecule has 0 spiro atoms. The largest absolute Gasteiger partial charge is 0.507 e. The maximum atomic E-state index is 13.2. The Hall–Kier alpha value is -4.79. The molecular formula is C60H72N3OPt-. The Balaban J connectivity index is 0.0000116. The van der Waals surface area contributed by atoms with Gasteiger partial charge in [-0.25, -0.2) is 4.98 Å². The van der Waals surface area contributed by atoms with Crippen LogP contribution >= 0.6 is 0 Å². The van der Waals surface area contributed by atoms with Crippen LogP contribution in [0.25, 0.3) is 61.6 Å². The summed E-state index contributed by atoms with van der Waals surface area (Å²) >= 11 is 0. The zero-order valence-electron chi connectivity index (χ0n) is 59.3. The van der Waals surface area contributed by atoms with Crippen molar-refractivity contribution in [1.82, 2.24) is 14.5 Å². The van der Waals surface area contributed by atoms with Crippen molar-refractivity contribution >= 4 is 11.0 Å². The van der Waals surface area contributed by atoms with Crippen LogP contribution in [-0.2, 0) is 53.6 Å². The second-order valence-electron chi connectivity index (χ2n) is 21.1. The maximum absolute atomic E-state index is 13.2. The Morgan fingerprint density at radius 2 is 1.14 bits per heavy atom. The van der Waals surface area contributed by atoms with Gasteiger partial charge in [0.2, 0.25) is 0 Å². The number of phenols is 1. The summed E-state index contributed by atoms with van der Waals surface area (Å²) in [5, 5.41) is 13.2. The van der Waals surface area contributed by atoms with E-state index in [1.54, 1.807) is 42.6 Å². The van der Waals surface area contributed by atoms with Crippen molar-refractivity contribution in [2.75, 3.05) is 0 Å². The molecule has 0 unspecified atom stereocenters. The minimum Gasteiger partial charge on any atom is -0.507 e. The van der Waals surface area contributed by atoms with E-state index < -0.39 is 109 Å². The van der Waals surface area contributed by atoms with Crippen molar-refractivity contribution < 1.29 is 53.6 Å². The standard InChI is InChI=1S/C60H72N3O.Pt/c1-55(2,3)41-27-25-37(26-28-41)38-29-30-61-49(34-38)40-31-39(32-42(33-40)56(4,5)6)44-21-19-24-50-51(44)62-54(45-35-43(57(7,8)9)36-48(53(45)64)60(16,17)18)63(50)52-46(58(10,11)12)22-20-23-47(52)59(13,14)15;/h19-30,32-36,64H,1-18H3;/q-1;/i7D3,8D3,9D3,16D3,17D3,18D3,35D,36D;. The number of benzene rings is 5. The van der Waals surface area contributed by atoms with E-state index in [1.165, 1.54) is 4.57 Å². The number of hydrogen-bond donors (Lipinski definition) is 1. The molecule has 0 fully saturated rings. The van der Waals surface area contributed by atoms with Crippen LogP contribution in [-0.4, -0.2) is 19.6 Å². The molecule has 2 heterocycles. The topological polar surface area (TPSA) is 50.9 Å². The molecule has 0 bridgehead atoms. The van der Waals surface area contributed by atoms with Gasteiger partial charge in [-0.3, -0.25) is 9.55 Å². The average Bonchev–Trinajstić information content (AvgIpc) is 1.13. The summed E-state index contributed by atoms with van der Waals surface area (Å²) in [7, 11) is 0. The first kappa shape index (κ1) is 29.1. The van der Waals surface area contributed by atoms with Crippen molar-refractivity contribution in [3.8, 4) is 56.3 Å². The summed E-state index contributed by atoms with van der Waals surface area (Å²) in [5.41, 5.74) is -8.44. The van der Waals surface area contributed by atoms with Gasteiger partial charge in [-0.2, -0.15) is 0 Å². The number of aromatic hydroxyl groups is 1. The van der Waals surface area contributed by atoms with Gasteiger partial charge < -0.3 is 5.11 Å². The molecule has 0 aliphatic carbocycles. The third-order valence-corrected chi connectivity index (χ3v) is 11.7. The Morgan fingerprint density at radius 3 is 1.71 bits per heavy atom. The predicted molar refractivity (Wildman–Crippen MR) is 273 cm³/mol. The molecule has 65 heavy (non-hydrogen) atoms. The van der Waals surface area contributed by atoms with Gasteiger partial charge in [-0.05, 0) is 84.0 Å². The molecule has 2 aromatic heterocycles. The van der Waals surface area contributed by atoms with E-state index in [0.29, 0.717) is 39.2 Å². The van der Waals surface area contributed by atoms with Crippen LogP contribution in [0.4, 0.5) is 0 Å². The van der Waals surface area contributed by atoms with Crippen molar-refractivity contribution in [3.63, 3.8) is 0 Å². The van der Waals surface area contributed by atoms with Gasteiger partial charge in [-0.1, -0.05) is 202 Å². The zero-order valence-corrected chi connectivity index (χ0v) is 41.5. The number of para-hydroxylation sites is 2. The SMILES string of the molecule is [2H]c1c(-c2nc3c(-c4[c-]c(-c5cc(-c6ccc(C(C)(C)C)cc6)ccn5)cc(C(C)(C)C)c4)cccc3n2-c2c(C(C)(C)C)cccc2C(C)(C)C)c(O)c(C(C([2H])([2H])[2H])(C([2H])([2H])[2H])C([2H])([2H])[2H])c([2H])c1C(C([2H])([2H])[2H])(C([2H])([2H])[2H])C([2H])([2H])[2H].[Pt]. The molecule has 1 N–H and O–H groups in total. The first-order chi connectivity index (χ1) is 37.8. The summed E-state index contributed by atoms with van der Waals surface area (Å²) in [6.45, 7) is -2.03. The quantitative estimate of drug-likeness (QED) is 0.175. The normalized spacial score (nSPS) is 18.7. The number of phenolic OH excluding ortho intramolecular Hbond substituents is 1. The first-order valence-corrected chi connectivity index (χ1v) is 21.5. The van der Waals surface area contributed by atoms with E-state index in [4.69, 9.17) is 34.6 Å². The number of aromatic nitrogens is 3. The molecule has 0 atom stereocenters. The Kier molecular flexibility index (Phi) is 7.66. The molecule has 4 nitrogen and oxygen atoms in total. The van der Waals surface area contributed by atoms with Gasteiger partial charge in [0.25, 0.3) is 0 Å². The van der Waals surface area contributed by atoms with Crippen LogP contribution in [0, 0.1) is 6.07 Å². The smallest absolute Gasteiger partial charge is 0.148 e. The minimum absolute atomic E-state index is 0. The molecule has 344 valence electrons. The molecule has 7 aromatic rings. The molecular weight excluding hydrogens is 974 g/mol. The van der Waals surface area contributed by atoms with Crippen LogP contribution < -0.4 is 0 Å². The van der Waals surface area contributed by atoms with Gasteiger partial charge in [0, 0.05) is 63.2 Å². The molecule has 0 aliphatic rings. The van der Waals surface area contributed by atoms with Gasteiger partial charge in [0.15, 0.2) is 0 Å². The van der Waals surface area contributed by atoms with E-state index in [2.05, 4.69) is 39.0 Å². The maximum Gasteiger partial charge on any atom is 0.148 e. The Labute approximate surface area is 433 Å². The van der Waals surface area contributed by atoms with E-state index in [-0.39, 0.29) is 37.5 Å². The third kappa shape index (κ3) is 10.00. The van der Waals surface area contributed by atoms with Crippen LogP contribution in [0.5, 0.6) is 5.75 Å². The Bertz CT molecular complexity index is 3490. The van der Waals surface area contributed by atoms with E-state index >= 15 is 0 Å². The van der Waals surface area contributed by atoms with Gasteiger partial charge in [0.05, 0.1) is 25.0 Å². The van der Waals surface area contributed by atoms with Crippen molar-refractivity contribution in [3.05, 3.63) is 143 Å². The van der Waals surface area contributed by atoms with Gasteiger partial charge >= 0.3 is 0 Å². The molecule has 0 saturated heterocycles. The van der Waals surface area contributed by atoms with Crippen molar-refractivity contribution in [1.29, 1.82) is 0 Å². The number of fused-ring (bicyclic) bond motifs is 1. The fourth-order valence-corrected chi connectivity index (χ4v) is 8.06. The average molecular weight is 1070 g/mol. The van der Waals surface area contributed by atoms with E-state index in [0.717, 1.165) is 22.3 Å². The summed E-state index contributed by atoms with van der Waals surface area (Å²) in [6, 6.07) is 26.5. The molecule has 0 radical (unpaired) electrons. The number of nitrogens with zero attached hydrogens (tertiary/aromatic N) is 3. The molecule has 0 saturated carbocycles. The summed E-state index contributed by atoms with van der Waals surface area (Å²) in [4.78, 5) is 9.97. The van der Waals surface area contributed by atoms with Gasteiger partial charge in [-0.15, -0.1) is 29.3 Å². The van der Waals surface area contributed by atoms with Crippen LogP contribution in [0.3, 0.4) is 0 Å². The number of imidazole rings is 1. The zero-order chi connectivity index (χ0) is 63.9. The summed E-state index contributed by atoms with van der Waals surface area (Å²) in [5.74, 6) is -2.31. The Morgan fingerprint density at radius 1 is 0.554 bits per heavy atom. The summed E-state index contributed by atoms with van der Waals surface area (Å²) in [6.07, 6.45) is 1.70. The molecule has 5 heteroatoms. The van der Waals surface area contributed by atoms with Crippen molar-refractivity contribution in [2.24, 2.45) is 0 Å². The van der Waals surface area contributed by atoms with E-state index in [1.807, 2.05) is 98.7 Å². The van der Waals surface area contributed by atoms with E-state index in [9.17, 15) is 7.85 Å². The number of rotatable bonds is 5. The third-order valence-electron chi connectivity index (χ3n) is 11.7. The van der Waals surface area contributed by atoms with Crippen LogP contribution in [0.15, 0.2) is 103 Å². The minimum atomic E-state index is -4.42. The first-order valence-electron chi connectivity index (χ1n) is 31.5. The van der Waals surface area contributed by atoms with Crippen LogP contribution in [0.1, 0.15) is 185 Å². The molecule has 0 aliphatic heterocycles. The summed E-state index contributed by atoms with van der Waals surface area (Å²) < 4.78 is 180.